The molecule has 1 N–H and O–H groups in total. The Kier molecular flexibility index (Phi) is 4.01. The number of amides is 1. The first-order valence-electron chi connectivity index (χ1n) is 6.49. The first kappa shape index (κ1) is 12.8. The molecule has 0 aromatic heterocycles. The number of hydrogen-bond acceptors (Lipinski definition) is 4. The van der Waals surface area contributed by atoms with Crippen LogP contribution in [0.4, 0.5) is 0 Å². The molecule has 0 bridgehead atoms. The second kappa shape index (κ2) is 5.33. The summed E-state index contributed by atoms with van der Waals surface area (Å²) in [6, 6.07) is 0. The summed E-state index contributed by atoms with van der Waals surface area (Å²) in [4.78, 5) is 16.6. The van der Waals surface area contributed by atoms with Crippen molar-refractivity contribution in [1.29, 1.82) is 0 Å². The van der Waals surface area contributed by atoms with E-state index in [0.717, 1.165) is 52.2 Å². The first-order valence-corrected chi connectivity index (χ1v) is 6.49. The molecule has 5 nitrogen and oxygen atoms in total. The molecule has 98 valence electrons. The van der Waals surface area contributed by atoms with E-state index in [2.05, 4.69) is 10.2 Å². The van der Waals surface area contributed by atoms with E-state index in [1.807, 2.05) is 11.8 Å². The Bertz CT molecular complexity index is 273. The molecule has 0 aromatic rings. The summed E-state index contributed by atoms with van der Waals surface area (Å²) >= 11 is 0. The van der Waals surface area contributed by atoms with Gasteiger partial charge in [0.25, 0.3) is 5.91 Å². The van der Waals surface area contributed by atoms with E-state index in [0.29, 0.717) is 0 Å². The standard InChI is InChI=1S/C12H23N3O2/c1-3-12(17-2)4-7-15(11(12)16)10-14-8-5-13-6-9-14/h13H,3-10H2,1-2H3. The average molecular weight is 241 g/mol. The summed E-state index contributed by atoms with van der Waals surface area (Å²) in [5.74, 6) is 0.168. The molecule has 0 spiro atoms. The number of ether oxygens (including phenoxy) is 1. The van der Waals surface area contributed by atoms with Crippen molar-refractivity contribution in [2.75, 3.05) is 46.5 Å². The number of nitrogens with zero attached hydrogens (tertiary/aromatic N) is 2. The minimum Gasteiger partial charge on any atom is -0.368 e. The molecule has 1 amide bonds. The Balaban J connectivity index is 1.92. The third kappa shape index (κ3) is 2.46. The minimum atomic E-state index is -0.548. The Morgan fingerprint density at radius 2 is 2.06 bits per heavy atom. The summed E-state index contributed by atoms with van der Waals surface area (Å²) in [6.45, 7) is 7.69. The molecule has 2 fully saturated rings. The molecule has 1 atom stereocenters. The van der Waals surface area contributed by atoms with Crippen LogP contribution < -0.4 is 5.32 Å². The van der Waals surface area contributed by atoms with Gasteiger partial charge >= 0.3 is 0 Å². The molecule has 1 unspecified atom stereocenters. The van der Waals surface area contributed by atoms with Gasteiger partial charge in [0.1, 0.15) is 5.60 Å². The highest BCUT2D eigenvalue weighted by Crippen LogP contribution is 2.29. The molecule has 17 heavy (non-hydrogen) atoms. The van der Waals surface area contributed by atoms with Gasteiger partial charge in [0, 0.05) is 46.3 Å². The van der Waals surface area contributed by atoms with Gasteiger partial charge in [0.2, 0.25) is 0 Å². The average Bonchev–Trinajstić information content (AvgIpc) is 2.69. The number of nitrogens with one attached hydrogen (secondary N) is 1. The Morgan fingerprint density at radius 1 is 1.35 bits per heavy atom. The molecule has 0 saturated carbocycles. The van der Waals surface area contributed by atoms with Gasteiger partial charge in [-0.2, -0.15) is 0 Å². The maximum atomic E-state index is 12.3. The largest absolute Gasteiger partial charge is 0.368 e. The lowest BCUT2D eigenvalue weighted by Gasteiger charge is -2.32. The monoisotopic (exact) mass is 241 g/mol. The zero-order valence-corrected chi connectivity index (χ0v) is 10.9. The van der Waals surface area contributed by atoms with Crippen LogP contribution in [-0.4, -0.2) is 67.8 Å². The van der Waals surface area contributed by atoms with Crippen molar-refractivity contribution in [3.63, 3.8) is 0 Å². The number of carbonyl (C=O) groups is 1. The van der Waals surface area contributed by atoms with Gasteiger partial charge in [-0.15, -0.1) is 0 Å². The van der Waals surface area contributed by atoms with Crippen LogP contribution in [0.15, 0.2) is 0 Å². The summed E-state index contributed by atoms with van der Waals surface area (Å²) < 4.78 is 5.46. The van der Waals surface area contributed by atoms with Crippen molar-refractivity contribution < 1.29 is 9.53 Å². The molecule has 2 rings (SSSR count). The number of methoxy groups -OCH3 is 1. The van der Waals surface area contributed by atoms with Gasteiger partial charge in [-0.05, 0) is 6.42 Å². The second-order valence-electron chi connectivity index (χ2n) is 4.88. The van der Waals surface area contributed by atoms with Crippen molar-refractivity contribution in [3.8, 4) is 0 Å². The Morgan fingerprint density at radius 3 is 2.59 bits per heavy atom. The molecule has 2 saturated heterocycles. The summed E-state index contributed by atoms with van der Waals surface area (Å²) in [7, 11) is 1.65. The maximum absolute atomic E-state index is 12.3. The van der Waals surface area contributed by atoms with E-state index in [-0.39, 0.29) is 5.91 Å². The first-order chi connectivity index (χ1) is 8.22. The second-order valence-corrected chi connectivity index (χ2v) is 4.88. The molecular weight excluding hydrogens is 218 g/mol. The summed E-state index contributed by atoms with van der Waals surface area (Å²) in [5.41, 5.74) is -0.548. The minimum absolute atomic E-state index is 0.168. The van der Waals surface area contributed by atoms with Crippen LogP contribution in [0.2, 0.25) is 0 Å². The predicted octanol–water partition coefficient (Wildman–Crippen LogP) is -0.123. The summed E-state index contributed by atoms with van der Waals surface area (Å²) in [6.07, 6.45) is 1.59. The van der Waals surface area contributed by atoms with Gasteiger partial charge in [-0.1, -0.05) is 6.92 Å². The van der Waals surface area contributed by atoms with Gasteiger partial charge in [-0.25, -0.2) is 0 Å². The lowest BCUT2D eigenvalue weighted by molar-refractivity contribution is -0.148. The lowest BCUT2D eigenvalue weighted by Crippen LogP contribution is -2.50. The fourth-order valence-corrected chi connectivity index (χ4v) is 2.70. The number of piperazine rings is 1. The van der Waals surface area contributed by atoms with E-state index in [1.165, 1.54) is 0 Å². The molecule has 2 aliphatic heterocycles. The van der Waals surface area contributed by atoms with Crippen LogP contribution in [-0.2, 0) is 9.53 Å². The molecule has 2 aliphatic rings. The SMILES string of the molecule is CCC1(OC)CCN(CN2CCNCC2)C1=O. The van der Waals surface area contributed by atoms with Crippen LogP contribution in [0.1, 0.15) is 19.8 Å². The topological polar surface area (TPSA) is 44.8 Å². The van der Waals surface area contributed by atoms with Crippen molar-refractivity contribution in [2.45, 2.75) is 25.4 Å². The Hall–Kier alpha value is -0.650. The fourth-order valence-electron chi connectivity index (χ4n) is 2.70. The molecule has 0 radical (unpaired) electrons. The van der Waals surface area contributed by atoms with Crippen LogP contribution in [0.3, 0.4) is 0 Å². The quantitative estimate of drug-likeness (QED) is 0.745. The zero-order chi connectivity index (χ0) is 12.3. The molecule has 5 heteroatoms. The van der Waals surface area contributed by atoms with Gasteiger partial charge in [0.15, 0.2) is 0 Å². The molecule has 0 aromatic carbocycles. The van der Waals surface area contributed by atoms with Gasteiger partial charge < -0.3 is 15.0 Å². The fraction of sp³-hybridized carbons (Fsp3) is 0.917. The smallest absolute Gasteiger partial charge is 0.255 e. The number of likely N-dealkylation sites (tertiary alicyclic amines) is 1. The van der Waals surface area contributed by atoms with E-state index in [4.69, 9.17) is 4.74 Å². The normalized spacial score (nSPS) is 31.2. The van der Waals surface area contributed by atoms with E-state index in [1.54, 1.807) is 7.11 Å². The van der Waals surface area contributed by atoms with Crippen LogP contribution in [0.25, 0.3) is 0 Å². The van der Waals surface area contributed by atoms with Crippen LogP contribution in [0.5, 0.6) is 0 Å². The highest BCUT2D eigenvalue weighted by atomic mass is 16.5. The van der Waals surface area contributed by atoms with Gasteiger partial charge in [0.05, 0.1) is 6.67 Å². The Labute approximate surface area is 103 Å². The number of rotatable bonds is 4. The summed E-state index contributed by atoms with van der Waals surface area (Å²) in [5, 5.41) is 3.32. The van der Waals surface area contributed by atoms with Crippen molar-refractivity contribution in [3.05, 3.63) is 0 Å². The van der Waals surface area contributed by atoms with Crippen molar-refractivity contribution >= 4 is 5.91 Å². The number of carbonyl (C=O) groups excluding carboxylic acids is 1. The van der Waals surface area contributed by atoms with Gasteiger partial charge in [-0.3, -0.25) is 9.69 Å². The molecule has 2 heterocycles. The van der Waals surface area contributed by atoms with E-state index >= 15 is 0 Å². The van der Waals surface area contributed by atoms with Crippen molar-refractivity contribution in [1.82, 2.24) is 15.1 Å². The van der Waals surface area contributed by atoms with E-state index < -0.39 is 5.60 Å². The molecule has 0 aliphatic carbocycles. The third-order valence-corrected chi connectivity index (χ3v) is 4.00. The third-order valence-electron chi connectivity index (χ3n) is 4.00. The number of hydrogen-bond donors (Lipinski definition) is 1. The van der Waals surface area contributed by atoms with E-state index in [9.17, 15) is 4.79 Å². The maximum Gasteiger partial charge on any atom is 0.255 e. The van der Waals surface area contributed by atoms with Crippen LogP contribution >= 0.6 is 0 Å². The predicted molar refractivity (Wildman–Crippen MR) is 65.7 cm³/mol. The highest BCUT2D eigenvalue weighted by molar-refractivity contribution is 5.87. The molecular formula is C12H23N3O2. The zero-order valence-electron chi connectivity index (χ0n) is 10.9. The lowest BCUT2D eigenvalue weighted by atomic mass is 9.99. The van der Waals surface area contributed by atoms with Crippen molar-refractivity contribution in [2.24, 2.45) is 0 Å². The van der Waals surface area contributed by atoms with Crippen LogP contribution in [0, 0.1) is 0 Å². The highest BCUT2D eigenvalue weighted by Gasteiger charge is 2.45.